The van der Waals surface area contributed by atoms with Crippen molar-refractivity contribution in [2.24, 2.45) is 0 Å². The second-order valence-electron chi connectivity index (χ2n) is 6.99. The van der Waals surface area contributed by atoms with Crippen molar-refractivity contribution in [2.45, 2.75) is 27.3 Å². The maximum absolute atomic E-state index is 14.2. The van der Waals surface area contributed by atoms with Gasteiger partial charge in [0, 0.05) is 22.9 Å². The number of nitrogens with zero attached hydrogens (tertiary/aromatic N) is 3. The van der Waals surface area contributed by atoms with E-state index in [2.05, 4.69) is 4.98 Å². The molecule has 6 heteroatoms. The average Bonchev–Trinajstić information content (AvgIpc) is 3.01. The Hall–Kier alpha value is -3.28. The summed E-state index contributed by atoms with van der Waals surface area (Å²) in [5, 5.41) is 0. The molecule has 2 aromatic carbocycles. The molecule has 4 nitrogen and oxygen atoms in total. The van der Waals surface area contributed by atoms with E-state index >= 15 is 0 Å². The number of hydrogen-bond acceptors (Lipinski definition) is 2. The van der Waals surface area contributed by atoms with Crippen LogP contribution in [0.5, 0.6) is 0 Å². The van der Waals surface area contributed by atoms with Crippen molar-refractivity contribution < 1.29 is 8.78 Å². The summed E-state index contributed by atoms with van der Waals surface area (Å²) in [5.41, 5.74) is 3.58. The van der Waals surface area contributed by atoms with Gasteiger partial charge in [-0.15, -0.1) is 0 Å². The molecule has 0 unspecified atom stereocenters. The molecule has 0 aliphatic carbocycles. The number of fused-ring (bicyclic) bond motifs is 1. The molecule has 142 valence electrons. The van der Waals surface area contributed by atoms with Crippen molar-refractivity contribution in [1.29, 1.82) is 0 Å². The van der Waals surface area contributed by atoms with E-state index in [1.54, 1.807) is 17.7 Å². The fourth-order valence-electron chi connectivity index (χ4n) is 3.40. The topological polar surface area (TPSA) is 39.3 Å². The van der Waals surface area contributed by atoms with Crippen LogP contribution in [0.15, 0.2) is 53.5 Å². The van der Waals surface area contributed by atoms with Crippen LogP contribution in [0.1, 0.15) is 22.4 Å². The van der Waals surface area contributed by atoms with Crippen molar-refractivity contribution >= 4 is 5.78 Å². The second-order valence-corrected chi connectivity index (χ2v) is 6.99. The molecule has 4 rings (SSSR count). The highest BCUT2D eigenvalue weighted by Crippen LogP contribution is 2.24. The number of rotatable bonds is 3. The zero-order chi connectivity index (χ0) is 20.0. The van der Waals surface area contributed by atoms with Gasteiger partial charge in [-0.2, -0.15) is 0 Å². The van der Waals surface area contributed by atoms with E-state index < -0.39 is 11.6 Å². The molecule has 0 saturated heterocycles. The molecule has 0 radical (unpaired) electrons. The molecule has 4 aromatic rings. The monoisotopic (exact) mass is 379 g/mol. The van der Waals surface area contributed by atoms with E-state index in [4.69, 9.17) is 0 Å². The summed E-state index contributed by atoms with van der Waals surface area (Å²) in [6.45, 7) is 5.44. The minimum absolute atomic E-state index is 0.0626. The van der Waals surface area contributed by atoms with Crippen molar-refractivity contribution in [3.63, 3.8) is 0 Å². The van der Waals surface area contributed by atoms with E-state index in [1.165, 1.54) is 22.6 Å². The maximum Gasteiger partial charge on any atom is 0.262 e. The van der Waals surface area contributed by atoms with Crippen LogP contribution in [0.3, 0.4) is 0 Å². The lowest BCUT2D eigenvalue weighted by atomic mass is 10.1. The lowest BCUT2D eigenvalue weighted by molar-refractivity contribution is 0.544. The minimum atomic E-state index is -0.628. The number of hydrogen-bond donors (Lipinski definition) is 0. The van der Waals surface area contributed by atoms with Crippen LogP contribution < -0.4 is 5.56 Å². The van der Waals surface area contributed by atoms with Crippen molar-refractivity contribution in [2.75, 3.05) is 0 Å². The summed E-state index contributed by atoms with van der Waals surface area (Å²) in [7, 11) is 0. The van der Waals surface area contributed by atoms with Crippen molar-refractivity contribution in [1.82, 2.24) is 14.0 Å². The summed E-state index contributed by atoms with van der Waals surface area (Å²) >= 11 is 0. The van der Waals surface area contributed by atoms with Gasteiger partial charge in [0.05, 0.1) is 17.9 Å². The van der Waals surface area contributed by atoms with Crippen LogP contribution in [0.2, 0.25) is 0 Å². The smallest absolute Gasteiger partial charge is 0.262 e. The standard InChI is InChI=1S/C22H19F2N3O/c1-13-7-9-16(10-8-13)20-15(3)27-21(28)14(2)11-26(22(27)25-20)12-17-18(23)5-4-6-19(17)24/h4-11H,12H2,1-3H3. The van der Waals surface area contributed by atoms with Gasteiger partial charge in [0.1, 0.15) is 11.6 Å². The van der Waals surface area contributed by atoms with E-state index in [0.29, 0.717) is 22.7 Å². The third kappa shape index (κ3) is 2.91. The van der Waals surface area contributed by atoms with E-state index in [9.17, 15) is 13.6 Å². The lowest BCUT2D eigenvalue weighted by Gasteiger charge is -2.11. The van der Waals surface area contributed by atoms with Crippen molar-refractivity contribution in [3.8, 4) is 11.3 Å². The molecule has 0 aliphatic rings. The molecule has 2 aromatic heterocycles. The third-order valence-electron chi connectivity index (χ3n) is 4.95. The molecular formula is C22H19F2N3O. The Bertz CT molecular complexity index is 1230. The number of imidazole rings is 1. The lowest BCUT2D eigenvalue weighted by Crippen LogP contribution is -2.22. The summed E-state index contributed by atoms with van der Waals surface area (Å²) in [6.07, 6.45) is 1.59. The van der Waals surface area contributed by atoms with Gasteiger partial charge in [0.25, 0.3) is 5.56 Å². The Morgan fingerprint density at radius 3 is 2.25 bits per heavy atom. The quantitative estimate of drug-likeness (QED) is 0.529. The predicted molar refractivity (Wildman–Crippen MR) is 105 cm³/mol. The maximum atomic E-state index is 14.2. The largest absolute Gasteiger partial charge is 0.313 e. The Labute approximate surface area is 160 Å². The molecule has 0 N–H and O–H groups in total. The van der Waals surface area contributed by atoms with Gasteiger partial charge in [-0.3, -0.25) is 4.79 Å². The Balaban J connectivity index is 1.95. The predicted octanol–water partition coefficient (Wildman–Crippen LogP) is 4.41. The first-order valence-electron chi connectivity index (χ1n) is 8.96. The van der Waals surface area contributed by atoms with Crippen molar-refractivity contribution in [3.05, 3.63) is 93.0 Å². The van der Waals surface area contributed by atoms with E-state index in [0.717, 1.165) is 11.1 Å². The van der Waals surface area contributed by atoms with Gasteiger partial charge in [-0.05, 0) is 32.9 Å². The number of aromatic nitrogens is 3. The van der Waals surface area contributed by atoms with Crippen LogP contribution in [-0.4, -0.2) is 14.0 Å². The molecule has 0 fully saturated rings. The van der Waals surface area contributed by atoms with Crippen LogP contribution >= 0.6 is 0 Å². The number of benzene rings is 2. The fourth-order valence-corrected chi connectivity index (χ4v) is 3.40. The molecule has 0 amide bonds. The number of aryl methyl sites for hydroxylation is 3. The van der Waals surface area contributed by atoms with E-state index in [1.807, 2.05) is 38.1 Å². The summed E-state index contributed by atoms with van der Waals surface area (Å²) in [5.74, 6) is -0.903. The first kappa shape index (κ1) is 18.1. The van der Waals surface area contributed by atoms with Crippen LogP contribution in [0.25, 0.3) is 17.0 Å². The zero-order valence-corrected chi connectivity index (χ0v) is 15.8. The highest BCUT2D eigenvalue weighted by molar-refractivity contribution is 5.65. The van der Waals surface area contributed by atoms with Gasteiger partial charge in [0.2, 0.25) is 5.78 Å². The van der Waals surface area contributed by atoms with Crippen LogP contribution in [0.4, 0.5) is 8.78 Å². The fraction of sp³-hybridized carbons (Fsp3) is 0.182. The highest BCUT2D eigenvalue weighted by atomic mass is 19.1. The minimum Gasteiger partial charge on any atom is -0.313 e. The Morgan fingerprint density at radius 1 is 0.964 bits per heavy atom. The van der Waals surface area contributed by atoms with Gasteiger partial charge in [-0.1, -0.05) is 35.9 Å². The summed E-state index contributed by atoms with van der Waals surface area (Å²) in [6, 6.07) is 11.6. The summed E-state index contributed by atoms with van der Waals surface area (Å²) in [4.78, 5) is 17.4. The zero-order valence-electron chi connectivity index (χ0n) is 15.8. The van der Waals surface area contributed by atoms with Gasteiger partial charge in [-0.25, -0.2) is 18.2 Å². The molecule has 2 heterocycles. The molecular weight excluding hydrogens is 360 g/mol. The SMILES string of the molecule is Cc1ccc(-c2nc3n(Cc4c(F)cccc4F)cc(C)c(=O)n3c2C)cc1. The molecule has 0 atom stereocenters. The first-order chi connectivity index (χ1) is 13.4. The van der Waals surface area contributed by atoms with Crippen LogP contribution in [0, 0.1) is 32.4 Å². The van der Waals surface area contributed by atoms with Gasteiger partial charge >= 0.3 is 0 Å². The first-order valence-corrected chi connectivity index (χ1v) is 8.96. The summed E-state index contributed by atoms with van der Waals surface area (Å²) < 4.78 is 31.4. The average molecular weight is 379 g/mol. The normalized spacial score (nSPS) is 11.3. The third-order valence-corrected chi connectivity index (χ3v) is 4.95. The van der Waals surface area contributed by atoms with Crippen LogP contribution in [-0.2, 0) is 6.54 Å². The van der Waals surface area contributed by atoms with Gasteiger partial charge < -0.3 is 4.57 Å². The molecule has 28 heavy (non-hydrogen) atoms. The molecule has 0 bridgehead atoms. The number of halogens is 2. The van der Waals surface area contributed by atoms with E-state index in [-0.39, 0.29) is 17.7 Å². The molecule has 0 aliphatic heterocycles. The second kappa shape index (κ2) is 6.71. The Kier molecular flexibility index (Phi) is 4.34. The highest BCUT2D eigenvalue weighted by Gasteiger charge is 2.18. The Morgan fingerprint density at radius 2 is 1.61 bits per heavy atom. The molecule has 0 spiro atoms. The molecule has 0 saturated carbocycles. The van der Waals surface area contributed by atoms with Gasteiger partial charge in [0.15, 0.2) is 0 Å².